The van der Waals surface area contributed by atoms with Gasteiger partial charge in [0.15, 0.2) is 0 Å². The summed E-state index contributed by atoms with van der Waals surface area (Å²) in [6.45, 7) is 4.39. The molecule has 1 aliphatic carbocycles. The van der Waals surface area contributed by atoms with Gasteiger partial charge in [-0.3, -0.25) is 0 Å². The SMILES string of the molecule is CC1CCC(CN(C)Cc2ccc(C(=O)O)cc2)CC1. The normalized spacial score (nSPS) is 22.9. The van der Waals surface area contributed by atoms with Crippen molar-refractivity contribution >= 4 is 5.97 Å². The van der Waals surface area contributed by atoms with Crippen LogP contribution >= 0.6 is 0 Å². The Morgan fingerprint density at radius 3 is 2.35 bits per heavy atom. The molecule has 0 spiro atoms. The van der Waals surface area contributed by atoms with E-state index in [1.165, 1.54) is 31.2 Å². The molecule has 1 aromatic rings. The van der Waals surface area contributed by atoms with Gasteiger partial charge in [-0.05, 0) is 49.4 Å². The summed E-state index contributed by atoms with van der Waals surface area (Å²) < 4.78 is 0. The van der Waals surface area contributed by atoms with Gasteiger partial charge >= 0.3 is 5.97 Å². The van der Waals surface area contributed by atoms with Crippen LogP contribution in [-0.2, 0) is 6.54 Å². The van der Waals surface area contributed by atoms with Gasteiger partial charge in [0.1, 0.15) is 0 Å². The minimum Gasteiger partial charge on any atom is -0.478 e. The summed E-state index contributed by atoms with van der Waals surface area (Å²) in [5.74, 6) is 0.871. The fourth-order valence-corrected chi connectivity index (χ4v) is 3.08. The number of hydrogen-bond donors (Lipinski definition) is 1. The highest BCUT2D eigenvalue weighted by molar-refractivity contribution is 5.87. The average molecular weight is 275 g/mol. The van der Waals surface area contributed by atoms with E-state index in [0.29, 0.717) is 5.56 Å². The molecule has 1 aromatic carbocycles. The van der Waals surface area contributed by atoms with Crippen molar-refractivity contribution in [3.05, 3.63) is 35.4 Å². The van der Waals surface area contributed by atoms with E-state index in [2.05, 4.69) is 18.9 Å². The monoisotopic (exact) mass is 275 g/mol. The zero-order chi connectivity index (χ0) is 14.5. The van der Waals surface area contributed by atoms with Gasteiger partial charge in [0.25, 0.3) is 0 Å². The standard InChI is InChI=1S/C17H25NO2/c1-13-3-5-14(6-4-13)11-18(2)12-15-7-9-16(10-8-15)17(19)20/h7-10,13-14H,3-6,11-12H2,1-2H3,(H,19,20). The molecule has 1 N–H and O–H groups in total. The minimum atomic E-state index is -0.860. The number of aromatic carboxylic acids is 1. The first kappa shape index (κ1) is 15.0. The first-order valence-electron chi connectivity index (χ1n) is 7.55. The van der Waals surface area contributed by atoms with Crippen LogP contribution in [0.1, 0.15) is 48.5 Å². The molecule has 110 valence electrons. The fraction of sp³-hybridized carbons (Fsp3) is 0.588. The van der Waals surface area contributed by atoms with E-state index < -0.39 is 5.97 Å². The van der Waals surface area contributed by atoms with Crippen molar-refractivity contribution in [3.63, 3.8) is 0 Å². The van der Waals surface area contributed by atoms with Crippen molar-refractivity contribution in [2.24, 2.45) is 11.8 Å². The summed E-state index contributed by atoms with van der Waals surface area (Å²) in [4.78, 5) is 13.2. The summed E-state index contributed by atoms with van der Waals surface area (Å²) in [6, 6.07) is 7.22. The number of rotatable bonds is 5. The van der Waals surface area contributed by atoms with Gasteiger partial charge in [-0.2, -0.15) is 0 Å². The summed E-state index contributed by atoms with van der Waals surface area (Å²) >= 11 is 0. The molecule has 1 saturated carbocycles. The Hall–Kier alpha value is -1.35. The van der Waals surface area contributed by atoms with E-state index in [4.69, 9.17) is 5.11 Å². The highest BCUT2D eigenvalue weighted by Gasteiger charge is 2.19. The lowest BCUT2D eigenvalue weighted by atomic mass is 9.83. The van der Waals surface area contributed by atoms with Crippen LogP contribution in [0, 0.1) is 11.8 Å². The van der Waals surface area contributed by atoms with Crippen LogP contribution in [0.3, 0.4) is 0 Å². The van der Waals surface area contributed by atoms with E-state index in [0.717, 1.165) is 24.9 Å². The van der Waals surface area contributed by atoms with E-state index in [-0.39, 0.29) is 0 Å². The second kappa shape index (κ2) is 6.89. The molecule has 0 amide bonds. The molecule has 0 saturated heterocycles. The quantitative estimate of drug-likeness (QED) is 0.892. The molecule has 2 rings (SSSR count). The number of carbonyl (C=O) groups is 1. The van der Waals surface area contributed by atoms with Crippen molar-refractivity contribution < 1.29 is 9.90 Å². The molecule has 1 aliphatic rings. The largest absolute Gasteiger partial charge is 0.478 e. The Morgan fingerprint density at radius 2 is 1.80 bits per heavy atom. The predicted octanol–water partition coefficient (Wildman–Crippen LogP) is 3.64. The van der Waals surface area contributed by atoms with Crippen LogP contribution in [0.15, 0.2) is 24.3 Å². The van der Waals surface area contributed by atoms with E-state index in [1.54, 1.807) is 12.1 Å². The molecule has 0 radical (unpaired) electrons. The van der Waals surface area contributed by atoms with Crippen molar-refractivity contribution in [3.8, 4) is 0 Å². The van der Waals surface area contributed by atoms with Crippen LogP contribution in [-0.4, -0.2) is 29.6 Å². The van der Waals surface area contributed by atoms with Crippen LogP contribution in [0.2, 0.25) is 0 Å². The minimum absolute atomic E-state index is 0.359. The summed E-state index contributed by atoms with van der Waals surface area (Å²) in [7, 11) is 2.16. The average Bonchev–Trinajstić information content (AvgIpc) is 2.42. The zero-order valence-electron chi connectivity index (χ0n) is 12.5. The molecule has 0 bridgehead atoms. The zero-order valence-corrected chi connectivity index (χ0v) is 12.5. The van der Waals surface area contributed by atoms with Crippen LogP contribution in [0.25, 0.3) is 0 Å². The molecule has 0 aliphatic heterocycles. The van der Waals surface area contributed by atoms with Crippen LogP contribution in [0.5, 0.6) is 0 Å². The first-order chi connectivity index (χ1) is 9.54. The Balaban J connectivity index is 1.81. The highest BCUT2D eigenvalue weighted by Crippen LogP contribution is 2.28. The van der Waals surface area contributed by atoms with Gasteiger partial charge < -0.3 is 10.0 Å². The number of carboxylic acids is 1. The second-order valence-corrected chi connectivity index (χ2v) is 6.32. The molecular formula is C17H25NO2. The molecule has 0 unspecified atom stereocenters. The molecule has 3 nitrogen and oxygen atoms in total. The van der Waals surface area contributed by atoms with Gasteiger partial charge in [-0.25, -0.2) is 4.79 Å². The lowest BCUT2D eigenvalue weighted by Crippen LogP contribution is -2.27. The Labute approximate surface area is 121 Å². The maximum absolute atomic E-state index is 10.8. The lowest BCUT2D eigenvalue weighted by Gasteiger charge is -2.29. The predicted molar refractivity (Wildman–Crippen MR) is 80.9 cm³/mol. The van der Waals surface area contributed by atoms with Crippen molar-refractivity contribution in [1.29, 1.82) is 0 Å². The number of hydrogen-bond acceptors (Lipinski definition) is 2. The summed E-state index contributed by atoms with van der Waals surface area (Å²) in [6.07, 6.45) is 5.44. The second-order valence-electron chi connectivity index (χ2n) is 6.32. The third-order valence-corrected chi connectivity index (χ3v) is 4.36. The molecule has 3 heteroatoms. The molecule has 0 heterocycles. The Morgan fingerprint density at radius 1 is 1.20 bits per heavy atom. The fourth-order valence-electron chi connectivity index (χ4n) is 3.08. The van der Waals surface area contributed by atoms with E-state index >= 15 is 0 Å². The molecule has 0 aromatic heterocycles. The number of nitrogens with zero attached hydrogens (tertiary/aromatic N) is 1. The lowest BCUT2D eigenvalue weighted by molar-refractivity contribution is 0.0697. The van der Waals surface area contributed by atoms with Crippen LogP contribution < -0.4 is 0 Å². The Bertz CT molecular complexity index is 433. The van der Waals surface area contributed by atoms with Crippen molar-refractivity contribution in [2.75, 3.05) is 13.6 Å². The number of benzene rings is 1. The Kier molecular flexibility index (Phi) is 5.18. The topological polar surface area (TPSA) is 40.5 Å². The highest BCUT2D eigenvalue weighted by atomic mass is 16.4. The van der Waals surface area contributed by atoms with Gasteiger partial charge in [0.05, 0.1) is 5.56 Å². The maximum atomic E-state index is 10.8. The number of carboxylic acid groups (broad SMARTS) is 1. The molecule has 1 fully saturated rings. The summed E-state index contributed by atoms with van der Waals surface area (Å²) in [5.41, 5.74) is 1.54. The first-order valence-corrected chi connectivity index (χ1v) is 7.55. The van der Waals surface area contributed by atoms with Crippen molar-refractivity contribution in [2.45, 2.75) is 39.2 Å². The third-order valence-electron chi connectivity index (χ3n) is 4.36. The van der Waals surface area contributed by atoms with Gasteiger partial charge in [-0.15, -0.1) is 0 Å². The molecular weight excluding hydrogens is 250 g/mol. The van der Waals surface area contributed by atoms with Gasteiger partial charge in [0, 0.05) is 13.1 Å². The molecule has 0 atom stereocenters. The van der Waals surface area contributed by atoms with Crippen LogP contribution in [0.4, 0.5) is 0 Å². The smallest absolute Gasteiger partial charge is 0.335 e. The van der Waals surface area contributed by atoms with E-state index in [9.17, 15) is 4.79 Å². The summed E-state index contributed by atoms with van der Waals surface area (Å²) in [5, 5.41) is 8.88. The van der Waals surface area contributed by atoms with Gasteiger partial charge in [0.2, 0.25) is 0 Å². The van der Waals surface area contributed by atoms with Gasteiger partial charge in [-0.1, -0.05) is 31.9 Å². The maximum Gasteiger partial charge on any atom is 0.335 e. The third kappa shape index (κ3) is 4.34. The van der Waals surface area contributed by atoms with E-state index in [1.807, 2.05) is 12.1 Å². The molecule has 20 heavy (non-hydrogen) atoms. The van der Waals surface area contributed by atoms with Crippen molar-refractivity contribution in [1.82, 2.24) is 4.90 Å².